The molecule has 3 nitrogen and oxygen atoms in total. The molecule has 0 aromatic heterocycles. The molecule has 0 fully saturated rings. The van der Waals surface area contributed by atoms with Gasteiger partial charge < -0.3 is 11.1 Å². The first-order valence-electron chi connectivity index (χ1n) is 4.81. The Kier molecular flexibility index (Phi) is 4.13. The fourth-order valence-corrected chi connectivity index (χ4v) is 1.23. The number of benzene rings is 1. The van der Waals surface area contributed by atoms with Crippen molar-refractivity contribution in [1.29, 1.82) is 0 Å². The minimum absolute atomic E-state index is 0.0491. The Morgan fingerprint density at radius 3 is 2.79 bits per heavy atom. The lowest BCUT2D eigenvalue weighted by Crippen LogP contribution is -2.29. The largest absolute Gasteiger partial charge is 0.351 e. The smallest absolute Gasteiger partial charge is 0.234 e. The van der Waals surface area contributed by atoms with Gasteiger partial charge in [-0.05, 0) is 17.5 Å². The summed E-state index contributed by atoms with van der Waals surface area (Å²) in [5.41, 5.74) is 7.58. The molecule has 0 heterocycles. The third kappa shape index (κ3) is 3.18. The van der Waals surface area contributed by atoms with Gasteiger partial charge in [-0.1, -0.05) is 31.2 Å². The van der Waals surface area contributed by atoms with Crippen molar-refractivity contribution < 1.29 is 4.79 Å². The van der Waals surface area contributed by atoms with Gasteiger partial charge >= 0.3 is 0 Å². The van der Waals surface area contributed by atoms with Gasteiger partial charge in [0.2, 0.25) is 5.91 Å². The minimum Gasteiger partial charge on any atom is -0.351 e. The van der Waals surface area contributed by atoms with Gasteiger partial charge in [-0.3, -0.25) is 4.79 Å². The summed E-state index contributed by atoms with van der Waals surface area (Å²) in [7, 11) is 0. The monoisotopic (exact) mass is 192 g/mol. The third-order valence-corrected chi connectivity index (χ3v) is 2.07. The lowest BCUT2D eigenvalue weighted by molar-refractivity contribution is -0.119. The Morgan fingerprint density at radius 2 is 2.14 bits per heavy atom. The molecule has 0 spiro atoms. The maximum Gasteiger partial charge on any atom is 0.234 e. The van der Waals surface area contributed by atoms with Crippen molar-refractivity contribution >= 4 is 5.91 Å². The Labute approximate surface area is 84.3 Å². The van der Waals surface area contributed by atoms with Crippen LogP contribution in [0.1, 0.15) is 18.1 Å². The Hall–Kier alpha value is -1.35. The van der Waals surface area contributed by atoms with E-state index in [-0.39, 0.29) is 12.5 Å². The van der Waals surface area contributed by atoms with E-state index in [1.54, 1.807) is 0 Å². The molecule has 14 heavy (non-hydrogen) atoms. The zero-order valence-corrected chi connectivity index (χ0v) is 8.42. The van der Waals surface area contributed by atoms with E-state index in [1.165, 1.54) is 5.56 Å². The highest BCUT2D eigenvalue weighted by Crippen LogP contribution is 2.05. The van der Waals surface area contributed by atoms with E-state index in [0.717, 1.165) is 12.0 Å². The maximum absolute atomic E-state index is 10.9. The number of nitrogens with two attached hydrogens (primary N) is 1. The van der Waals surface area contributed by atoms with Gasteiger partial charge in [0.25, 0.3) is 0 Å². The first-order valence-corrected chi connectivity index (χ1v) is 4.81. The summed E-state index contributed by atoms with van der Waals surface area (Å²) in [6.45, 7) is 2.72. The van der Waals surface area contributed by atoms with Crippen molar-refractivity contribution in [2.45, 2.75) is 19.9 Å². The standard InChI is InChI=1S/C11H16N2O/c1-2-9-4-3-5-10(6-9)8-13-11(14)7-12/h3-6H,2,7-8,12H2,1H3,(H,13,14). The van der Waals surface area contributed by atoms with E-state index in [9.17, 15) is 4.79 Å². The highest BCUT2D eigenvalue weighted by molar-refractivity contribution is 5.77. The van der Waals surface area contributed by atoms with Crippen LogP contribution < -0.4 is 11.1 Å². The third-order valence-electron chi connectivity index (χ3n) is 2.07. The Balaban J connectivity index is 2.54. The van der Waals surface area contributed by atoms with Crippen molar-refractivity contribution in [2.75, 3.05) is 6.54 Å². The zero-order chi connectivity index (χ0) is 10.4. The molecule has 0 radical (unpaired) electrons. The van der Waals surface area contributed by atoms with Gasteiger partial charge in [0.05, 0.1) is 6.54 Å². The van der Waals surface area contributed by atoms with Crippen LogP contribution in [0.5, 0.6) is 0 Å². The molecule has 0 atom stereocenters. The molecule has 1 aromatic carbocycles. The topological polar surface area (TPSA) is 55.1 Å². The van der Waals surface area contributed by atoms with Crippen molar-refractivity contribution in [1.82, 2.24) is 5.32 Å². The second-order valence-electron chi connectivity index (χ2n) is 3.15. The average Bonchev–Trinajstić information content (AvgIpc) is 2.26. The zero-order valence-electron chi connectivity index (χ0n) is 8.42. The Morgan fingerprint density at radius 1 is 1.43 bits per heavy atom. The molecule has 0 saturated carbocycles. The maximum atomic E-state index is 10.9. The van der Waals surface area contributed by atoms with Gasteiger partial charge in [-0.2, -0.15) is 0 Å². The van der Waals surface area contributed by atoms with Crippen molar-refractivity contribution in [2.24, 2.45) is 5.73 Å². The normalized spacial score (nSPS) is 9.86. The highest BCUT2D eigenvalue weighted by Gasteiger charge is 1.98. The van der Waals surface area contributed by atoms with Crippen LogP contribution in [-0.4, -0.2) is 12.5 Å². The SMILES string of the molecule is CCc1cccc(CNC(=O)CN)c1. The fourth-order valence-electron chi connectivity index (χ4n) is 1.23. The number of carbonyl (C=O) groups excluding carboxylic acids is 1. The summed E-state index contributed by atoms with van der Waals surface area (Å²) in [6, 6.07) is 8.17. The summed E-state index contributed by atoms with van der Waals surface area (Å²) < 4.78 is 0. The van der Waals surface area contributed by atoms with Crippen molar-refractivity contribution in [3.63, 3.8) is 0 Å². The quantitative estimate of drug-likeness (QED) is 0.742. The lowest BCUT2D eigenvalue weighted by Gasteiger charge is -2.05. The van der Waals surface area contributed by atoms with E-state index < -0.39 is 0 Å². The van der Waals surface area contributed by atoms with E-state index in [2.05, 4.69) is 24.4 Å². The van der Waals surface area contributed by atoms with E-state index in [0.29, 0.717) is 6.54 Å². The molecule has 0 unspecified atom stereocenters. The number of hydrogen-bond donors (Lipinski definition) is 2. The van der Waals surface area contributed by atoms with Crippen LogP contribution >= 0.6 is 0 Å². The molecule has 1 aromatic rings. The summed E-state index contributed by atoms with van der Waals surface area (Å²) in [5, 5.41) is 2.74. The summed E-state index contributed by atoms with van der Waals surface area (Å²) in [4.78, 5) is 10.9. The van der Waals surface area contributed by atoms with Gasteiger partial charge in [0.15, 0.2) is 0 Å². The molecule has 1 amide bonds. The second-order valence-corrected chi connectivity index (χ2v) is 3.15. The van der Waals surface area contributed by atoms with E-state index >= 15 is 0 Å². The molecule has 1 rings (SSSR count). The molecule has 0 aliphatic rings. The van der Waals surface area contributed by atoms with E-state index in [1.807, 2.05) is 12.1 Å². The molecule has 3 N–H and O–H groups in total. The van der Waals surface area contributed by atoms with Crippen LogP contribution in [0.2, 0.25) is 0 Å². The molecule has 76 valence electrons. The molecule has 0 bridgehead atoms. The molecular formula is C11H16N2O. The summed E-state index contributed by atoms with van der Waals surface area (Å²) >= 11 is 0. The predicted octanol–water partition coefficient (Wildman–Crippen LogP) is 0.824. The first-order chi connectivity index (χ1) is 6.76. The number of carbonyl (C=O) groups is 1. The van der Waals surface area contributed by atoms with Crippen LogP contribution in [0, 0.1) is 0 Å². The number of rotatable bonds is 4. The minimum atomic E-state index is -0.119. The molecular weight excluding hydrogens is 176 g/mol. The van der Waals surface area contributed by atoms with Crippen LogP contribution in [0.4, 0.5) is 0 Å². The predicted molar refractivity (Wildman–Crippen MR) is 56.7 cm³/mol. The summed E-state index contributed by atoms with van der Waals surface area (Å²) in [5.74, 6) is -0.119. The first kappa shape index (κ1) is 10.7. The lowest BCUT2D eigenvalue weighted by atomic mass is 10.1. The second kappa shape index (κ2) is 5.40. The molecule has 0 aliphatic heterocycles. The van der Waals surface area contributed by atoms with Crippen LogP contribution in [-0.2, 0) is 17.8 Å². The molecule has 0 aliphatic carbocycles. The summed E-state index contributed by atoms with van der Waals surface area (Å²) in [6.07, 6.45) is 1.01. The van der Waals surface area contributed by atoms with Crippen LogP contribution in [0.25, 0.3) is 0 Å². The van der Waals surface area contributed by atoms with Gasteiger partial charge in [-0.25, -0.2) is 0 Å². The van der Waals surface area contributed by atoms with Gasteiger partial charge in [-0.15, -0.1) is 0 Å². The molecule has 0 saturated heterocycles. The molecule has 3 heteroatoms. The van der Waals surface area contributed by atoms with Crippen molar-refractivity contribution in [3.8, 4) is 0 Å². The highest BCUT2D eigenvalue weighted by atomic mass is 16.1. The van der Waals surface area contributed by atoms with Gasteiger partial charge in [0, 0.05) is 6.54 Å². The van der Waals surface area contributed by atoms with Gasteiger partial charge in [0.1, 0.15) is 0 Å². The number of aryl methyl sites for hydroxylation is 1. The van der Waals surface area contributed by atoms with Crippen LogP contribution in [0.15, 0.2) is 24.3 Å². The number of hydrogen-bond acceptors (Lipinski definition) is 2. The Bertz CT molecular complexity index is 310. The number of amides is 1. The van der Waals surface area contributed by atoms with Crippen LogP contribution in [0.3, 0.4) is 0 Å². The average molecular weight is 192 g/mol. The fraction of sp³-hybridized carbons (Fsp3) is 0.364. The van der Waals surface area contributed by atoms with E-state index in [4.69, 9.17) is 5.73 Å². The van der Waals surface area contributed by atoms with Crippen molar-refractivity contribution in [3.05, 3.63) is 35.4 Å². The number of nitrogens with one attached hydrogen (secondary N) is 1.